The minimum atomic E-state index is -0.471. The molecule has 1 aliphatic heterocycles. The van der Waals surface area contributed by atoms with Gasteiger partial charge < -0.3 is 15.4 Å². The Bertz CT molecular complexity index is 208. The molecule has 1 unspecified atom stereocenters. The molecule has 1 rings (SSSR count). The number of nitrogens with zero attached hydrogens (tertiary/aromatic N) is 1. The summed E-state index contributed by atoms with van der Waals surface area (Å²) in [4.78, 5) is 24.1. The molecule has 14 heavy (non-hydrogen) atoms. The van der Waals surface area contributed by atoms with E-state index < -0.39 is 12.1 Å². The molecule has 1 aliphatic rings. The van der Waals surface area contributed by atoms with Crippen LogP contribution in [0, 0.1) is 0 Å². The molecule has 0 aliphatic carbocycles. The van der Waals surface area contributed by atoms with E-state index in [2.05, 4.69) is 15.4 Å². The van der Waals surface area contributed by atoms with E-state index in [1.165, 1.54) is 12.0 Å². The minimum Gasteiger partial charge on any atom is -0.453 e. The average Bonchev–Trinajstić information content (AvgIpc) is 2.27. The fourth-order valence-corrected chi connectivity index (χ4v) is 1.44. The summed E-state index contributed by atoms with van der Waals surface area (Å²) < 4.78 is 4.59. The quantitative estimate of drug-likeness (QED) is 0.557. The summed E-state index contributed by atoms with van der Waals surface area (Å²) in [6, 6.07) is -0.471. The molecule has 6 nitrogen and oxygen atoms in total. The number of nitrogens with one attached hydrogen (secondary N) is 2. The fraction of sp³-hybridized carbons (Fsp3) is 0.750. The second-order valence-corrected chi connectivity index (χ2v) is 3.00. The van der Waals surface area contributed by atoms with Gasteiger partial charge in [-0.1, -0.05) is 0 Å². The molecular formula is C8H15N3O3. The fourth-order valence-electron chi connectivity index (χ4n) is 1.44. The van der Waals surface area contributed by atoms with E-state index >= 15 is 0 Å². The Hall–Kier alpha value is -1.30. The van der Waals surface area contributed by atoms with Crippen LogP contribution in [0.15, 0.2) is 0 Å². The third-order valence-electron chi connectivity index (χ3n) is 2.20. The molecule has 0 radical (unpaired) electrons. The number of rotatable bonds is 1. The van der Waals surface area contributed by atoms with E-state index in [0.717, 1.165) is 0 Å². The SMILES string of the molecule is CNC(=O)C1CNCCN1C(=O)OC. The average molecular weight is 201 g/mol. The Labute approximate surface area is 82.6 Å². The van der Waals surface area contributed by atoms with E-state index in [1.807, 2.05) is 0 Å². The van der Waals surface area contributed by atoms with Crippen molar-refractivity contribution in [1.82, 2.24) is 15.5 Å². The number of hydrogen-bond acceptors (Lipinski definition) is 4. The summed E-state index contributed by atoms with van der Waals surface area (Å²) >= 11 is 0. The van der Waals surface area contributed by atoms with Crippen LogP contribution in [-0.4, -0.2) is 56.7 Å². The number of hydrogen-bond donors (Lipinski definition) is 2. The summed E-state index contributed by atoms with van der Waals surface area (Å²) in [5, 5.41) is 5.56. The van der Waals surface area contributed by atoms with Crippen molar-refractivity contribution >= 4 is 12.0 Å². The van der Waals surface area contributed by atoms with Gasteiger partial charge in [-0.05, 0) is 0 Å². The van der Waals surface area contributed by atoms with Gasteiger partial charge in [0.05, 0.1) is 7.11 Å². The van der Waals surface area contributed by atoms with Gasteiger partial charge in [0, 0.05) is 26.7 Å². The summed E-state index contributed by atoms with van der Waals surface area (Å²) in [6.45, 7) is 1.64. The maximum atomic E-state index is 11.4. The maximum absolute atomic E-state index is 11.4. The number of amides is 2. The Balaban J connectivity index is 2.68. The van der Waals surface area contributed by atoms with Crippen molar-refractivity contribution in [1.29, 1.82) is 0 Å². The van der Waals surface area contributed by atoms with Gasteiger partial charge in [-0.3, -0.25) is 9.69 Å². The van der Waals surface area contributed by atoms with Gasteiger partial charge in [-0.2, -0.15) is 0 Å². The van der Waals surface area contributed by atoms with E-state index in [0.29, 0.717) is 19.6 Å². The molecule has 0 aromatic rings. The van der Waals surface area contributed by atoms with Crippen LogP contribution in [0.2, 0.25) is 0 Å². The number of ether oxygens (including phenoxy) is 1. The van der Waals surface area contributed by atoms with Crippen molar-refractivity contribution in [2.45, 2.75) is 6.04 Å². The number of carbonyl (C=O) groups is 2. The number of carbonyl (C=O) groups excluding carboxylic acids is 2. The van der Waals surface area contributed by atoms with Crippen molar-refractivity contribution in [3.63, 3.8) is 0 Å². The van der Waals surface area contributed by atoms with Crippen LogP contribution in [0.4, 0.5) is 4.79 Å². The number of likely N-dealkylation sites (N-methyl/N-ethyl adjacent to an activating group) is 1. The number of methoxy groups -OCH3 is 1. The highest BCUT2D eigenvalue weighted by molar-refractivity contribution is 5.85. The first-order valence-electron chi connectivity index (χ1n) is 4.47. The molecule has 0 aromatic heterocycles. The van der Waals surface area contributed by atoms with Gasteiger partial charge >= 0.3 is 6.09 Å². The Morgan fingerprint density at radius 2 is 2.29 bits per heavy atom. The molecule has 0 spiro atoms. The highest BCUT2D eigenvalue weighted by Crippen LogP contribution is 2.05. The summed E-state index contributed by atoms with van der Waals surface area (Å²) in [5.74, 6) is -0.178. The van der Waals surface area contributed by atoms with Crippen molar-refractivity contribution in [2.24, 2.45) is 0 Å². The number of piperazine rings is 1. The van der Waals surface area contributed by atoms with Crippen LogP contribution in [0.3, 0.4) is 0 Å². The molecule has 1 atom stereocenters. The third-order valence-corrected chi connectivity index (χ3v) is 2.20. The molecular weight excluding hydrogens is 186 g/mol. The van der Waals surface area contributed by atoms with Gasteiger partial charge in [0.25, 0.3) is 0 Å². The molecule has 2 amide bonds. The lowest BCUT2D eigenvalue weighted by Crippen LogP contribution is -2.59. The molecule has 2 N–H and O–H groups in total. The van der Waals surface area contributed by atoms with Gasteiger partial charge in [0.15, 0.2) is 0 Å². The minimum absolute atomic E-state index is 0.178. The molecule has 1 heterocycles. The maximum Gasteiger partial charge on any atom is 0.410 e. The topological polar surface area (TPSA) is 70.7 Å². The van der Waals surface area contributed by atoms with Crippen molar-refractivity contribution in [3.8, 4) is 0 Å². The molecule has 1 fully saturated rings. The third kappa shape index (κ3) is 2.14. The Kier molecular flexibility index (Phi) is 3.70. The van der Waals surface area contributed by atoms with E-state index in [9.17, 15) is 9.59 Å². The normalized spacial score (nSPS) is 21.6. The zero-order valence-electron chi connectivity index (χ0n) is 8.37. The summed E-state index contributed by atoms with van der Waals surface area (Å²) in [7, 11) is 2.86. The zero-order chi connectivity index (χ0) is 10.6. The monoisotopic (exact) mass is 201 g/mol. The lowest BCUT2D eigenvalue weighted by Gasteiger charge is -2.33. The smallest absolute Gasteiger partial charge is 0.410 e. The highest BCUT2D eigenvalue weighted by Gasteiger charge is 2.31. The van der Waals surface area contributed by atoms with Crippen LogP contribution < -0.4 is 10.6 Å². The van der Waals surface area contributed by atoms with Crippen molar-refractivity contribution < 1.29 is 14.3 Å². The largest absolute Gasteiger partial charge is 0.453 e. The molecule has 0 saturated carbocycles. The van der Waals surface area contributed by atoms with E-state index in [4.69, 9.17) is 0 Å². The van der Waals surface area contributed by atoms with Gasteiger partial charge in [0.2, 0.25) is 5.91 Å². The second kappa shape index (κ2) is 4.80. The van der Waals surface area contributed by atoms with Crippen LogP contribution in [-0.2, 0) is 9.53 Å². The molecule has 0 bridgehead atoms. The van der Waals surface area contributed by atoms with E-state index in [-0.39, 0.29) is 5.91 Å². The molecule has 0 aromatic carbocycles. The van der Waals surface area contributed by atoms with Gasteiger partial charge in [0.1, 0.15) is 6.04 Å². The highest BCUT2D eigenvalue weighted by atomic mass is 16.5. The standard InChI is InChI=1S/C8H15N3O3/c1-9-7(12)6-5-10-3-4-11(6)8(13)14-2/h6,10H,3-5H2,1-2H3,(H,9,12). The molecule has 6 heteroatoms. The predicted octanol–water partition coefficient (Wildman–Crippen LogP) is -1.23. The summed E-state index contributed by atoms with van der Waals surface area (Å²) in [5.41, 5.74) is 0. The Morgan fingerprint density at radius 1 is 1.57 bits per heavy atom. The molecule has 80 valence electrons. The second-order valence-electron chi connectivity index (χ2n) is 3.00. The lowest BCUT2D eigenvalue weighted by molar-refractivity contribution is -0.125. The predicted molar refractivity (Wildman–Crippen MR) is 49.8 cm³/mol. The van der Waals surface area contributed by atoms with Crippen LogP contribution >= 0.6 is 0 Å². The van der Waals surface area contributed by atoms with Gasteiger partial charge in [-0.25, -0.2) is 4.79 Å². The Morgan fingerprint density at radius 3 is 2.86 bits per heavy atom. The first-order valence-corrected chi connectivity index (χ1v) is 4.47. The van der Waals surface area contributed by atoms with Crippen molar-refractivity contribution in [2.75, 3.05) is 33.8 Å². The van der Waals surface area contributed by atoms with Crippen LogP contribution in [0.5, 0.6) is 0 Å². The molecule has 1 saturated heterocycles. The summed E-state index contributed by atoms with van der Waals surface area (Å²) in [6.07, 6.45) is -0.458. The van der Waals surface area contributed by atoms with E-state index in [1.54, 1.807) is 7.05 Å². The van der Waals surface area contributed by atoms with Crippen LogP contribution in [0.25, 0.3) is 0 Å². The zero-order valence-corrected chi connectivity index (χ0v) is 8.37. The van der Waals surface area contributed by atoms with Crippen molar-refractivity contribution in [3.05, 3.63) is 0 Å². The first-order chi connectivity index (χ1) is 6.70. The van der Waals surface area contributed by atoms with Crippen LogP contribution in [0.1, 0.15) is 0 Å². The lowest BCUT2D eigenvalue weighted by atomic mass is 10.2. The first kappa shape index (κ1) is 10.8. The van der Waals surface area contributed by atoms with Gasteiger partial charge in [-0.15, -0.1) is 0 Å².